The fourth-order valence-corrected chi connectivity index (χ4v) is 3.05. The molecule has 1 fully saturated rings. The van der Waals surface area contributed by atoms with Gasteiger partial charge in [0.2, 0.25) is 5.91 Å². The molecule has 0 N–H and O–H groups in total. The number of amides is 1. The van der Waals surface area contributed by atoms with Gasteiger partial charge in [-0.05, 0) is 30.9 Å². The number of nitrogens with zero attached hydrogens (tertiary/aromatic N) is 2. The molecule has 1 aromatic carbocycles. The molecule has 1 aliphatic rings. The van der Waals surface area contributed by atoms with Gasteiger partial charge in [-0.15, -0.1) is 0 Å². The van der Waals surface area contributed by atoms with E-state index >= 15 is 0 Å². The molecule has 1 unspecified atom stereocenters. The predicted octanol–water partition coefficient (Wildman–Crippen LogP) is 3.10. The highest BCUT2D eigenvalue weighted by Gasteiger charge is 2.27. The van der Waals surface area contributed by atoms with Crippen LogP contribution in [-0.2, 0) is 17.6 Å². The van der Waals surface area contributed by atoms with Crippen LogP contribution in [0.15, 0.2) is 34.9 Å². The van der Waals surface area contributed by atoms with Gasteiger partial charge in [-0.25, -0.2) is 0 Å². The smallest absolute Gasteiger partial charge is 0.228 e. The second-order valence-electron chi connectivity index (χ2n) is 6.03. The van der Waals surface area contributed by atoms with Crippen molar-refractivity contribution in [2.24, 2.45) is 0 Å². The number of hydrogen-bond acceptors (Lipinski definition) is 3. The lowest BCUT2D eigenvalue weighted by Gasteiger charge is -2.16. The van der Waals surface area contributed by atoms with Crippen LogP contribution in [-0.4, -0.2) is 29.1 Å². The summed E-state index contributed by atoms with van der Waals surface area (Å²) in [6.07, 6.45) is 2.43. The van der Waals surface area contributed by atoms with Gasteiger partial charge in [-0.1, -0.05) is 36.3 Å². The van der Waals surface area contributed by atoms with E-state index in [4.69, 9.17) is 4.52 Å². The lowest BCUT2D eigenvalue weighted by molar-refractivity contribution is -0.129. The van der Waals surface area contributed by atoms with Crippen molar-refractivity contribution < 1.29 is 9.32 Å². The van der Waals surface area contributed by atoms with E-state index in [1.807, 2.05) is 17.9 Å². The molecule has 0 saturated carbocycles. The zero-order chi connectivity index (χ0) is 15.5. The summed E-state index contributed by atoms with van der Waals surface area (Å²) in [7, 11) is 0. The van der Waals surface area contributed by atoms with E-state index in [0.29, 0.717) is 12.3 Å². The van der Waals surface area contributed by atoms with Gasteiger partial charge in [0.05, 0.1) is 12.1 Å². The van der Waals surface area contributed by atoms with Gasteiger partial charge < -0.3 is 9.42 Å². The van der Waals surface area contributed by atoms with Crippen molar-refractivity contribution in [3.05, 3.63) is 52.9 Å². The van der Waals surface area contributed by atoms with Crippen molar-refractivity contribution in [2.45, 2.75) is 39.0 Å². The number of aromatic nitrogens is 1. The molecule has 0 radical (unpaired) electrons. The van der Waals surface area contributed by atoms with Crippen molar-refractivity contribution in [2.75, 3.05) is 13.1 Å². The van der Waals surface area contributed by atoms with Gasteiger partial charge >= 0.3 is 0 Å². The van der Waals surface area contributed by atoms with Crippen molar-refractivity contribution in [1.82, 2.24) is 10.1 Å². The lowest BCUT2D eigenvalue weighted by Crippen LogP contribution is -2.30. The average Bonchev–Trinajstić information content (AvgIpc) is 3.17. The predicted molar refractivity (Wildman–Crippen MR) is 84.7 cm³/mol. The number of aryl methyl sites for hydroxylation is 2. The maximum atomic E-state index is 12.3. The Bertz CT molecular complexity index is 645. The Balaban J connectivity index is 1.60. The highest BCUT2D eigenvalue weighted by Crippen LogP contribution is 2.27. The van der Waals surface area contributed by atoms with Crippen molar-refractivity contribution in [3.8, 4) is 0 Å². The van der Waals surface area contributed by atoms with E-state index in [1.54, 1.807) is 0 Å². The number of likely N-dealkylation sites (tertiary alicyclic amines) is 1. The van der Waals surface area contributed by atoms with Crippen LogP contribution < -0.4 is 0 Å². The summed E-state index contributed by atoms with van der Waals surface area (Å²) >= 11 is 0. The van der Waals surface area contributed by atoms with Gasteiger partial charge in [0.1, 0.15) is 5.76 Å². The van der Waals surface area contributed by atoms with E-state index in [0.717, 1.165) is 37.4 Å². The molecule has 116 valence electrons. The quantitative estimate of drug-likeness (QED) is 0.871. The summed E-state index contributed by atoms with van der Waals surface area (Å²) in [5, 5.41) is 3.90. The molecule has 2 aromatic rings. The SMILES string of the molecule is CCc1ccc(C2CCN(C(=O)Cc3cc(C)on3)C2)cc1. The molecule has 0 spiro atoms. The van der Waals surface area contributed by atoms with Crippen LogP contribution in [0.1, 0.15) is 41.8 Å². The Morgan fingerprint density at radius 3 is 2.77 bits per heavy atom. The first-order chi connectivity index (χ1) is 10.7. The molecule has 2 heterocycles. The Morgan fingerprint density at radius 2 is 2.14 bits per heavy atom. The van der Waals surface area contributed by atoms with Crippen LogP contribution in [0.2, 0.25) is 0 Å². The number of carbonyl (C=O) groups is 1. The van der Waals surface area contributed by atoms with Gasteiger partial charge in [-0.2, -0.15) is 0 Å². The largest absolute Gasteiger partial charge is 0.361 e. The molecular formula is C18H22N2O2. The van der Waals surface area contributed by atoms with Crippen molar-refractivity contribution in [3.63, 3.8) is 0 Å². The van der Waals surface area contributed by atoms with Crippen molar-refractivity contribution in [1.29, 1.82) is 0 Å². The summed E-state index contributed by atoms with van der Waals surface area (Å²) < 4.78 is 5.02. The second-order valence-corrected chi connectivity index (χ2v) is 6.03. The second kappa shape index (κ2) is 6.34. The summed E-state index contributed by atoms with van der Waals surface area (Å²) in [5.41, 5.74) is 3.42. The van der Waals surface area contributed by atoms with E-state index in [-0.39, 0.29) is 5.91 Å². The lowest BCUT2D eigenvalue weighted by atomic mass is 9.97. The van der Waals surface area contributed by atoms with Crippen LogP contribution in [0, 0.1) is 6.92 Å². The first kappa shape index (κ1) is 14.8. The van der Waals surface area contributed by atoms with E-state index in [2.05, 4.69) is 36.3 Å². The van der Waals surface area contributed by atoms with Gasteiger partial charge in [0.25, 0.3) is 0 Å². The highest BCUT2D eigenvalue weighted by molar-refractivity contribution is 5.78. The molecule has 1 aromatic heterocycles. The first-order valence-corrected chi connectivity index (χ1v) is 7.94. The summed E-state index contributed by atoms with van der Waals surface area (Å²) in [4.78, 5) is 14.3. The molecule has 1 aliphatic heterocycles. The summed E-state index contributed by atoms with van der Waals surface area (Å²) in [5.74, 6) is 1.34. The fraction of sp³-hybridized carbons (Fsp3) is 0.444. The minimum Gasteiger partial charge on any atom is -0.361 e. The van der Waals surface area contributed by atoms with Crippen LogP contribution >= 0.6 is 0 Å². The third-order valence-corrected chi connectivity index (χ3v) is 4.41. The third-order valence-electron chi connectivity index (χ3n) is 4.41. The zero-order valence-electron chi connectivity index (χ0n) is 13.2. The molecule has 4 heteroatoms. The van der Waals surface area contributed by atoms with E-state index in [9.17, 15) is 4.79 Å². The Kier molecular flexibility index (Phi) is 4.27. The molecule has 22 heavy (non-hydrogen) atoms. The Hall–Kier alpha value is -2.10. The average molecular weight is 298 g/mol. The van der Waals surface area contributed by atoms with Gasteiger partial charge in [0.15, 0.2) is 0 Å². The van der Waals surface area contributed by atoms with Gasteiger partial charge in [0, 0.05) is 25.1 Å². The fourth-order valence-electron chi connectivity index (χ4n) is 3.05. The summed E-state index contributed by atoms with van der Waals surface area (Å²) in [6.45, 7) is 5.64. The molecule has 1 atom stereocenters. The van der Waals surface area contributed by atoms with Crippen molar-refractivity contribution >= 4 is 5.91 Å². The maximum Gasteiger partial charge on any atom is 0.228 e. The zero-order valence-corrected chi connectivity index (χ0v) is 13.2. The molecular weight excluding hydrogens is 276 g/mol. The molecule has 3 rings (SSSR count). The van der Waals surface area contributed by atoms with Crippen LogP contribution in [0.5, 0.6) is 0 Å². The number of rotatable bonds is 4. The normalized spacial score (nSPS) is 17.9. The monoisotopic (exact) mass is 298 g/mol. The van der Waals surface area contributed by atoms with E-state index < -0.39 is 0 Å². The van der Waals surface area contributed by atoms with Crippen LogP contribution in [0.4, 0.5) is 0 Å². The Morgan fingerprint density at radius 1 is 1.36 bits per heavy atom. The molecule has 1 saturated heterocycles. The Labute approximate surface area is 131 Å². The minimum atomic E-state index is 0.140. The molecule has 1 amide bonds. The van der Waals surface area contributed by atoms with Gasteiger partial charge in [-0.3, -0.25) is 4.79 Å². The molecule has 0 bridgehead atoms. The minimum absolute atomic E-state index is 0.140. The number of hydrogen-bond donors (Lipinski definition) is 0. The van der Waals surface area contributed by atoms with Crippen LogP contribution in [0.3, 0.4) is 0 Å². The summed E-state index contributed by atoms with van der Waals surface area (Å²) in [6, 6.07) is 10.6. The topological polar surface area (TPSA) is 46.3 Å². The number of benzene rings is 1. The first-order valence-electron chi connectivity index (χ1n) is 7.94. The molecule has 0 aliphatic carbocycles. The number of carbonyl (C=O) groups excluding carboxylic acids is 1. The molecule has 4 nitrogen and oxygen atoms in total. The highest BCUT2D eigenvalue weighted by atomic mass is 16.5. The van der Waals surface area contributed by atoms with E-state index in [1.165, 1.54) is 11.1 Å². The third kappa shape index (κ3) is 3.21. The standard InChI is InChI=1S/C18H22N2O2/c1-3-14-4-6-15(7-5-14)16-8-9-20(12-16)18(21)11-17-10-13(2)22-19-17/h4-7,10,16H,3,8-9,11-12H2,1-2H3. The maximum absolute atomic E-state index is 12.3. The van der Waals surface area contributed by atoms with Crippen LogP contribution in [0.25, 0.3) is 0 Å².